The zero-order valence-corrected chi connectivity index (χ0v) is 15.9. The van der Waals surface area contributed by atoms with Crippen LogP contribution in [0.3, 0.4) is 0 Å². The van der Waals surface area contributed by atoms with Crippen LogP contribution >= 0.6 is 0 Å². The highest BCUT2D eigenvalue weighted by Gasteiger charge is 2.13. The lowest BCUT2D eigenvalue weighted by Crippen LogP contribution is -2.45. The summed E-state index contributed by atoms with van der Waals surface area (Å²) in [6, 6.07) is 8.09. The lowest BCUT2D eigenvalue weighted by molar-refractivity contribution is 0.158. The molecule has 7 heteroatoms. The Kier molecular flexibility index (Phi) is 6.35. The molecule has 1 saturated heterocycles. The first-order chi connectivity index (χ1) is 12.6. The largest absolute Gasteiger partial charge is 0.369 e. The third kappa shape index (κ3) is 5.37. The van der Waals surface area contributed by atoms with Crippen molar-refractivity contribution in [3.63, 3.8) is 0 Å². The van der Waals surface area contributed by atoms with E-state index in [1.165, 1.54) is 0 Å². The molecule has 7 nitrogen and oxygen atoms in total. The second-order valence-corrected chi connectivity index (χ2v) is 7.05. The van der Waals surface area contributed by atoms with Crippen LogP contribution in [-0.2, 0) is 0 Å². The number of nitrogens with zero attached hydrogens (tertiary/aromatic N) is 5. The highest BCUT2D eigenvalue weighted by molar-refractivity contribution is 5.60. The molecule has 0 aliphatic carbocycles. The summed E-state index contributed by atoms with van der Waals surface area (Å²) in [5.41, 5.74) is 1.68. The first-order valence-electron chi connectivity index (χ1n) is 9.32. The van der Waals surface area contributed by atoms with Crippen molar-refractivity contribution in [2.24, 2.45) is 0 Å². The maximum atomic E-state index is 4.61. The Morgan fingerprint density at radius 1 is 1.08 bits per heavy atom. The second-order valence-electron chi connectivity index (χ2n) is 7.05. The van der Waals surface area contributed by atoms with Crippen LogP contribution in [0.15, 0.2) is 30.5 Å². The molecule has 3 heterocycles. The number of nitrogens with one attached hydrogen (secondary N) is 2. The Morgan fingerprint density at radius 2 is 1.88 bits per heavy atom. The maximum absolute atomic E-state index is 4.61. The monoisotopic (exact) mass is 355 g/mol. The normalized spacial score (nSPS) is 16.0. The predicted molar refractivity (Wildman–Crippen MR) is 106 cm³/mol. The molecule has 0 amide bonds. The van der Waals surface area contributed by atoms with Crippen LogP contribution in [0.25, 0.3) is 11.4 Å². The van der Waals surface area contributed by atoms with Gasteiger partial charge in [0.2, 0.25) is 5.95 Å². The van der Waals surface area contributed by atoms with E-state index in [-0.39, 0.29) is 6.04 Å². The highest BCUT2D eigenvalue weighted by Crippen LogP contribution is 2.19. The third-order valence-corrected chi connectivity index (χ3v) is 4.40. The molecule has 0 saturated carbocycles. The fraction of sp³-hybridized carbons (Fsp3) is 0.526. The van der Waals surface area contributed by atoms with E-state index in [0.29, 0.717) is 5.95 Å². The fourth-order valence-electron chi connectivity index (χ4n) is 2.92. The number of piperazine rings is 1. The molecule has 0 unspecified atom stereocenters. The van der Waals surface area contributed by atoms with Gasteiger partial charge in [-0.15, -0.1) is 0 Å². The molecule has 2 aromatic rings. The lowest BCUT2D eigenvalue weighted by atomic mass is 10.2. The molecule has 0 bridgehead atoms. The summed E-state index contributed by atoms with van der Waals surface area (Å²) in [5, 5.41) is 6.75. The summed E-state index contributed by atoms with van der Waals surface area (Å²) < 4.78 is 0. The van der Waals surface area contributed by atoms with Crippen molar-refractivity contribution >= 4 is 11.8 Å². The molecule has 1 aliphatic heterocycles. The number of aromatic nitrogens is 3. The number of hydrogen-bond donors (Lipinski definition) is 2. The summed E-state index contributed by atoms with van der Waals surface area (Å²) in [6.07, 6.45) is 1.79. The number of likely N-dealkylation sites (N-methyl/N-ethyl adjacent to an activating group) is 1. The highest BCUT2D eigenvalue weighted by atomic mass is 15.3. The smallest absolute Gasteiger partial charge is 0.225 e. The minimum Gasteiger partial charge on any atom is -0.369 e. The molecule has 0 aromatic carbocycles. The molecule has 1 aliphatic rings. The minimum absolute atomic E-state index is 0.271. The molecule has 2 aromatic heterocycles. The van der Waals surface area contributed by atoms with Gasteiger partial charge in [0.05, 0.1) is 11.4 Å². The van der Waals surface area contributed by atoms with E-state index in [0.717, 1.165) is 56.5 Å². The molecule has 0 radical (unpaired) electrons. The standard InChI is InChI=1S/C19H29N7/c1-15(2)22-19-23-17(16-6-4-5-7-20-16)14-18(24-19)21-8-9-26-12-10-25(3)11-13-26/h4-7,14-15H,8-13H2,1-3H3,(H2,21,22,23,24). The van der Waals surface area contributed by atoms with Gasteiger partial charge in [0.25, 0.3) is 0 Å². The van der Waals surface area contributed by atoms with Gasteiger partial charge < -0.3 is 15.5 Å². The molecule has 2 N–H and O–H groups in total. The first kappa shape index (κ1) is 18.5. The Balaban J connectivity index is 1.67. The summed E-state index contributed by atoms with van der Waals surface area (Å²) >= 11 is 0. The van der Waals surface area contributed by atoms with Gasteiger partial charge in [-0.3, -0.25) is 9.88 Å². The van der Waals surface area contributed by atoms with Crippen molar-refractivity contribution in [1.82, 2.24) is 24.8 Å². The second kappa shape index (κ2) is 8.91. The Bertz CT molecular complexity index is 682. The number of hydrogen-bond acceptors (Lipinski definition) is 7. The summed E-state index contributed by atoms with van der Waals surface area (Å²) in [5.74, 6) is 1.46. The van der Waals surface area contributed by atoms with Gasteiger partial charge in [-0.25, -0.2) is 4.98 Å². The molecule has 0 atom stereocenters. The Labute approximate surface area is 155 Å². The molecule has 26 heavy (non-hydrogen) atoms. The first-order valence-corrected chi connectivity index (χ1v) is 9.32. The van der Waals surface area contributed by atoms with E-state index in [1.54, 1.807) is 6.20 Å². The van der Waals surface area contributed by atoms with E-state index < -0.39 is 0 Å². The number of anilines is 2. The number of rotatable bonds is 7. The SMILES string of the molecule is CC(C)Nc1nc(NCCN2CCN(C)CC2)cc(-c2ccccn2)n1. The van der Waals surface area contributed by atoms with Gasteiger partial charge in [0, 0.05) is 57.6 Å². The van der Waals surface area contributed by atoms with Crippen LogP contribution in [0.5, 0.6) is 0 Å². The molecular formula is C19H29N7. The van der Waals surface area contributed by atoms with Crippen LogP contribution in [0.4, 0.5) is 11.8 Å². The average Bonchev–Trinajstić information content (AvgIpc) is 2.63. The quantitative estimate of drug-likeness (QED) is 0.787. The van der Waals surface area contributed by atoms with Crippen molar-refractivity contribution in [2.75, 3.05) is 56.9 Å². The van der Waals surface area contributed by atoms with E-state index in [4.69, 9.17) is 0 Å². The van der Waals surface area contributed by atoms with E-state index in [2.05, 4.69) is 56.3 Å². The molecule has 0 spiro atoms. The van der Waals surface area contributed by atoms with Gasteiger partial charge in [0.15, 0.2) is 0 Å². The Hall–Kier alpha value is -2.25. The van der Waals surface area contributed by atoms with Crippen LogP contribution in [-0.4, -0.2) is 77.1 Å². The van der Waals surface area contributed by atoms with E-state index in [9.17, 15) is 0 Å². The molecule has 3 rings (SSSR count). The van der Waals surface area contributed by atoms with Crippen molar-refractivity contribution in [3.8, 4) is 11.4 Å². The zero-order valence-electron chi connectivity index (χ0n) is 15.9. The summed E-state index contributed by atoms with van der Waals surface area (Å²) in [7, 11) is 2.18. The lowest BCUT2D eigenvalue weighted by Gasteiger charge is -2.32. The predicted octanol–water partition coefficient (Wildman–Crippen LogP) is 2.02. The maximum Gasteiger partial charge on any atom is 0.225 e. The minimum atomic E-state index is 0.271. The van der Waals surface area contributed by atoms with Gasteiger partial charge in [-0.1, -0.05) is 6.07 Å². The van der Waals surface area contributed by atoms with Crippen LogP contribution in [0.2, 0.25) is 0 Å². The van der Waals surface area contributed by atoms with Crippen molar-refractivity contribution in [2.45, 2.75) is 19.9 Å². The summed E-state index contributed by atoms with van der Waals surface area (Å²) in [6.45, 7) is 10.6. The van der Waals surface area contributed by atoms with Gasteiger partial charge in [0.1, 0.15) is 5.82 Å². The fourth-order valence-corrected chi connectivity index (χ4v) is 2.92. The number of pyridine rings is 1. The molecule has 1 fully saturated rings. The Morgan fingerprint density at radius 3 is 2.58 bits per heavy atom. The summed E-state index contributed by atoms with van der Waals surface area (Å²) in [4.78, 5) is 18.5. The molecular weight excluding hydrogens is 326 g/mol. The van der Waals surface area contributed by atoms with Crippen LogP contribution in [0, 0.1) is 0 Å². The van der Waals surface area contributed by atoms with Crippen molar-refractivity contribution < 1.29 is 0 Å². The topological polar surface area (TPSA) is 69.2 Å². The van der Waals surface area contributed by atoms with Crippen molar-refractivity contribution in [3.05, 3.63) is 30.5 Å². The molecule has 140 valence electrons. The van der Waals surface area contributed by atoms with Gasteiger partial charge >= 0.3 is 0 Å². The van der Waals surface area contributed by atoms with Gasteiger partial charge in [-0.2, -0.15) is 4.98 Å². The average molecular weight is 355 g/mol. The van der Waals surface area contributed by atoms with Gasteiger partial charge in [-0.05, 0) is 33.0 Å². The third-order valence-electron chi connectivity index (χ3n) is 4.40. The zero-order chi connectivity index (χ0) is 18.4. The van der Waals surface area contributed by atoms with E-state index in [1.807, 2.05) is 24.3 Å². The van der Waals surface area contributed by atoms with Crippen molar-refractivity contribution in [1.29, 1.82) is 0 Å². The van der Waals surface area contributed by atoms with Crippen LogP contribution in [0.1, 0.15) is 13.8 Å². The van der Waals surface area contributed by atoms with E-state index >= 15 is 0 Å². The van der Waals surface area contributed by atoms with Crippen LogP contribution < -0.4 is 10.6 Å².